The van der Waals surface area contributed by atoms with Crippen LogP contribution in [0.2, 0.25) is 0 Å². The van der Waals surface area contributed by atoms with Gasteiger partial charge in [0.25, 0.3) is 0 Å². The van der Waals surface area contributed by atoms with E-state index in [0.29, 0.717) is 6.54 Å². The fourth-order valence-corrected chi connectivity index (χ4v) is 3.79. The molecule has 1 aromatic heterocycles. The number of nitrogens with zero attached hydrogens (tertiary/aromatic N) is 3. The molecule has 1 fully saturated rings. The first-order chi connectivity index (χ1) is 14.3. The van der Waals surface area contributed by atoms with E-state index in [1.54, 1.807) is 13.3 Å². The summed E-state index contributed by atoms with van der Waals surface area (Å²) in [5.41, 5.74) is 2.19. The molecule has 156 valence electrons. The van der Waals surface area contributed by atoms with Crippen LogP contribution in [0.3, 0.4) is 0 Å². The van der Waals surface area contributed by atoms with Crippen LogP contribution in [-0.2, 0) is 6.54 Å². The average molecular weight is 396 g/mol. The summed E-state index contributed by atoms with van der Waals surface area (Å²) < 4.78 is 5.67. The predicted molar refractivity (Wildman–Crippen MR) is 118 cm³/mol. The van der Waals surface area contributed by atoms with E-state index in [2.05, 4.69) is 39.6 Å². The minimum Gasteiger partial charge on any atom is -0.496 e. The number of guanidine groups is 1. The van der Waals surface area contributed by atoms with Gasteiger partial charge in [-0.25, -0.2) is 4.99 Å². The van der Waals surface area contributed by atoms with Crippen LogP contribution < -0.4 is 15.4 Å². The first-order valence-corrected chi connectivity index (χ1v) is 10.6. The summed E-state index contributed by atoms with van der Waals surface area (Å²) in [6.07, 6.45) is 5.62. The summed E-state index contributed by atoms with van der Waals surface area (Å²) >= 11 is 0. The molecule has 0 aliphatic carbocycles. The topological polar surface area (TPSA) is 61.8 Å². The normalized spacial score (nSPS) is 16.3. The maximum absolute atomic E-state index is 5.67. The van der Waals surface area contributed by atoms with Gasteiger partial charge >= 0.3 is 0 Å². The third-order valence-electron chi connectivity index (χ3n) is 5.26. The monoisotopic (exact) mass is 395 g/mol. The Morgan fingerprint density at radius 1 is 1.10 bits per heavy atom. The van der Waals surface area contributed by atoms with Crippen LogP contribution >= 0.6 is 0 Å². The SMILES string of the molecule is CCNC(=NCc1ccccn1)NCC(c1ccccc1OC)N1CCCCC1. The highest BCUT2D eigenvalue weighted by Gasteiger charge is 2.25. The molecule has 2 heterocycles. The summed E-state index contributed by atoms with van der Waals surface area (Å²) in [5.74, 6) is 1.76. The lowest BCUT2D eigenvalue weighted by atomic mass is 10.0. The molecule has 0 bridgehead atoms. The number of pyridine rings is 1. The van der Waals surface area contributed by atoms with Crippen LogP contribution in [0, 0.1) is 0 Å². The molecule has 0 amide bonds. The first-order valence-electron chi connectivity index (χ1n) is 10.6. The largest absolute Gasteiger partial charge is 0.496 e. The molecule has 2 aromatic rings. The van der Waals surface area contributed by atoms with Crippen LogP contribution in [0.1, 0.15) is 43.5 Å². The molecule has 0 saturated carbocycles. The van der Waals surface area contributed by atoms with Crippen molar-refractivity contribution in [2.75, 3.05) is 33.3 Å². The van der Waals surface area contributed by atoms with Crippen LogP contribution in [0.5, 0.6) is 5.75 Å². The zero-order valence-corrected chi connectivity index (χ0v) is 17.6. The van der Waals surface area contributed by atoms with E-state index in [9.17, 15) is 0 Å². The number of hydrogen-bond acceptors (Lipinski definition) is 4. The Kier molecular flexibility index (Phi) is 8.31. The number of piperidine rings is 1. The summed E-state index contributed by atoms with van der Waals surface area (Å²) in [6.45, 7) is 6.46. The molecule has 0 spiro atoms. The fourth-order valence-electron chi connectivity index (χ4n) is 3.79. The number of aliphatic imine (C=N–C) groups is 1. The van der Waals surface area contributed by atoms with Crippen molar-refractivity contribution in [3.8, 4) is 5.75 Å². The summed E-state index contributed by atoms with van der Waals surface area (Å²) in [7, 11) is 1.75. The second kappa shape index (κ2) is 11.4. The Balaban J connectivity index is 1.74. The van der Waals surface area contributed by atoms with Gasteiger partial charge in [-0.15, -0.1) is 0 Å². The van der Waals surface area contributed by atoms with Crippen molar-refractivity contribution in [1.29, 1.82) is 0 Å². The van der Waals surface area contributed by atoms with E-state index in [1.165, 1.54) is 24.8 Å². The standard InChI is InChI=1S/C23H33N5O/c1-3-24-23(26-17-19-11-7-8-14-25-19)27-18-21(28-15-9-4-10-16-28)20-12-5-6-13-22(20)29-2/h5-8,11-14,21H,3-4,9-10,15-18H2,1-2H3,(H2,24,26,27). The Morgan fingerprint density at radius 2 is 1.90 bits per heavy atom. The maximum atomic E-state index is 5.67. The fraction of sp³-hybridized carbons (Fsp3) is 0.478. The van der Waals surface area contributed by atoms with Gasteiger partial charge in [-0.3, -0.25) is 9.88 Å². The van der Waals surface area contributed by atoms with Crippen molar-refractivity contribution in [3.05, 3.63) is 59.9 Å². The summed E-state index contributed by atoms with van der Waals surface area (Å²) in [5, 5.41) is 6.90. The number of nitrogens with one attached hydrogen (secondary N) is 2. The van der Waals surface area contributed by atoms with Crippen molar-refractivity contribution < 1.29 is 4.74 Å². The molecular weight excluding hydrogens is 362 g/mol. The van der Waals surface area contributed by atoms with Gasteiger partial charge in [0.15, 0.2) is 5.96 Å². The number of likely N-dealkylation sites (tertiary alicyclic amines) is 1. The van der Waals surface area contributed by atoms with E-state index in [4.69, 9.17) is 9.73 Å². The number of benzene rings is 1. The number of para-hydroxylation sites is 1. The second-order valence-corrected chi connectivity index (χ2v) is 7.25. The Hall–Kier alpha value is -2.60. The smallest absolute Gasteiger partial charge is 0.191 e. The molecule has 6 nitrogen and oxygen atoms in total. The maximum Gasteiger partial charge on any atom is 0.191 e. The van der Waals surface area contributed by atoms with Crippen LogP contribution in [0.25, 0.3) is 0 Å². The van der Waals surface area contributed by atoms with Gasteiger partial charge in [0.05, 0.1) is 25.4 Å². The van der Waals surface area contributed by atoms with E-state index < -0.39 is 0 Å². The van der Waals surface area contributed by atoms with Crippen LogP contribution in [0.15, 0.2) is 53.7 Å². The van der Waals surface area contributed by atoms with Gasteiger partial charge < -0.3 is 15.4 Å². The Morgan fingerprint density at radius 3 is 2.62 bits per heavy atom. The average Bonchev–Trinajstić information content (AvgIpc) is 2.79. The molecule has 29 heavy (non-hydrogen) atoms. The van der Waals surface area contributed by atoms with Crippen molar-refractivity contribution in [2.24, 2.45) is 4.99 Å². The summed E-state index contributed by atoms with van der Waals surface area (Å²) in [6, 6.07) is 14.5. The first kappa shape index (κ1) is 21.1. The molecule has 3 rings (SSSR count). The second-order valence-electron chi connectivity index (χ2n) is 7.25. The van der Waals surface area contributed by atoms with Gasteiger partial charge in [-0.1, -0.05) is 30.7 Å². The van der Waals surface area contributed by atoms with E-state index in [0.717, 1.165) is 43.6 Å². The highest BCUT2D eigenvalue weighted by atomic mass is 16.5. The highest BCUT2D eigenvalue weighted by Crippen LogP contribution is 2.30. The van der Waals surface area contributed by atoms with Gasteiger partial charge in [-0.05, 0) is 51.1 Å². The lowest BCUT2D eigenvalue weighted by Gasteiger charge is -2.35. The lowest BCUT2D eigenvalue weighted by molar-refractivity contribution is 0.161. The minimum absolute atomic E-state index is 0.241. The Bertz CT molecular complexity index is 759. The summed E-state index contributed by atoms with van der Waals surface area (Å²) in [4.78, 5) is 11.6. The van der Waals surface area contributed by atoms with Gasteiger partial charge in [0.2, 0.25) is 0 Å². The van der Waals surface area contributed by atoms with Gasteiger partial charge in [0, 0.05) is 24.8 Å². The lowest BCUT2D eigenvalue weighted by Crippen LogP contribution is -2.44. The number of aromatic nitrogens is 1. The molecule has 1 saturated heterocycles. The van der Waals surface area contributed by atoms with Crippen LogP contribution in [-0.4, -0.2) is 49.1 Å². The van der Waals surface area contributed by atoms with Crippen LogP contribution in [0.4, 0.5) is 0 Å². The zero-order valence-electron chi connectivity index (χ0n) is 17.6. The third kappa shape index (κ3) is 6.19. The van der Waals surface area contributed by atoms with Crippen molar-refractivity contribution in [1.82, 2.24) is 20.5 Å². The van der Waals surface area contributed by atoms with E-state index in [-0.39, 0.29) is 6.04 Å². The molecular formula is C23H33N5O. The molecule has 0 radical (unpaired) electrons. The third-order valence-corrected chi connectivity index (χ3v) is 5.26. The predicted octanol–water partition coefficient (Wildman–Crippen LogP) is 3.37. The number of ether oxygens (including phenoxy) is 1. The Labute approximate surface area is 174 Å². The molecule has 1 atom stereocenters. The molecule has 6 heteroatoms. The number of rotatable bonds is 8. The highest BCUT2D eigenvalue weighted by molar-refractivity contribution is 5.79. The van der Waals surface area contributed by atoms with E-state index in [1.807, 2.05) is 30.3 Å². The molecule has 1 aliphatic rings. The van der Waals surface area contributed by atoms with Gasteiger partial charge in [0.1, 0.15) is 5.75 Å². The van der Waals surface area contributed by atoms with Crippen molar-refractivity contribution in [2.45, 2.75) is 38.8 Å². The van der Waals surface area contributed by atoms with Crippen molar-refractivity contribution >= 4 is 5.96 Å². The van der Waals surface area contributed by atoms with Gasteiger partial charge in [-0.2, -0.15) is 0 Å². The molecule has 1 unspecified atom stereocenters. The molecule has 1 aliphatic heterocycles. The number of methoxy groups -OCH3 is 1. The minimum atomic E-state index is 0.241. The zero-order chi connectivity index (χ0) is 20.3. The quantitative estimate of drug-likeness (QED) is 0.530. The van der Waals surface area contributed by atoms with Crippen molar-refractivity contribution in [3.63, 3.8) is 0 Å². The van der Waals surface area contributed by atoms with E-state index >= 15 is 0 Å². The molecule has 1 aromatic carbocycles. The number of hydrogen-bond donors (Lipinski definition) is 2. The molecule has 2 N–H and O–H groups in total.